The SMILES string of the molecule is C=Cc1ccc2c(CC(N)C(=O)O)c(C)[nH]c2c1. The van der Waals surface area contributed by atoms with Crippen molar-refractivity contribution in [2.75, 3.05) is 0 Å². The zero-order valence-corrected chi connectivity index (χ0v) is 10.2. The second kappa shape index (κ2) is 4.66. The molecule has 1 heterocycles. The molecule has 18 heavy (non-hydrogen) atoms. The molecule has 2 rings (SSSR count). The Bertz CT molecular complexity index is 614. The number of aromatic amines is 1. The summed E-state index contributed by atoms with van der Waals surface area (Å²) in [5.41, 5.74) is 9.53. The second-order valence-corrected chi connectivity index (χ2v) is 4.39. The molecule has 0 aliphatic rings. The van der Waals surface area contributed by atoms with Crippen LogP contribution in [0.5, 0.6) is 0 Å². The molecule has 0 aliphatic heterocycles. The summed E-state index contributed by atoms with van der Waals surface area (Å²) in [5.74, 6) is -0.980. The van der Waals surface area contributed by atoms with Crippen LogP contribution in [0.4, 0.5) is 0 Å². The van der Waals surface area contributed by atoms with E-state index in [9.17, 15) is 4.79 Å². The number of hydrogen-bond acceptors (Lipinski definition) is 2. The number of benzene rings is 1. The van der Waals surface area contributed by atoms with E-state index < -0.39 is 12.0 Å². The molecule has 0 saturated carbocycles. The molecule has 1 atom stereocenters. The van der Waals surface area contributed by atoms with Crippen LogP contribution >= 0.6 is 0 Å². The van der Waals surface area contributed by atoms with Crippen molar-refractivity contribution in [2.24, 2.45) is 5.73 Å². The minimum absolute atomic E-state index is 0.328. The Labute approximate surface area is 105 Å². The Morgan fingerprint density at radius 3 is 2.94 bits per heavy atom. The van der Waals surface area contributed by atoms with E-state index in [1.54, 1.807) is 6.08 Å². The monoisotopic (exact) mass is 244 g/mol. The van der Waals surface area contributed by atoms with Crippen LogP contribution < -0.4 is 5.73 Å². The summed E-state index contributed by atoms with van der Waals surface area (Å²) < 4.78 is 0. The third-order valence-corrected chi connectivity index (χ3v) is 3.12. The molecule has 2 aromatic rings. The Balaban J connectivity index is 2.47. The number of nitrogens with one attached hydrogen (secondary N) is 1. The molecule has 1 aromatic carbocycles. The van der Waals surface area contributed by atoms with Gasteiger partial charge < -0.3 is 15.8 Å². The van der Waals surface area contributed by atoms with Crippen LogP contribution in [0.1, 0.15) is 16.8 Å². The lowest BCUT2D eigenvalue weighted by atomic mass is 10.0. The molecular weight excluding hydrogens is 228 g/mol. The van der Waals surface area contributed by atoms with E-state index in [2.05, 4.69) is 11.6 Å². The summed E-state index contributed by atoms with van der Waals surface area (Å²) in [6.45, 7) is 5.66. The van der Waals surface area contributed by atoms with Gasteiger partial charge in [-0.1, -0.05) is 24.8 Å². The Hall–Kier alpha value is -2.07. The number of hydrogen-bond donors (Lipinski definition) is 3. The second-order valence-electron chi connectivity index (χ2n) is 4.39. The first-order valence-electron chi connectivity index (χ1n) is 5.75. The Morgan fingerprint density at radius 2 is 2.33 bits per heavy atom. The smallest absolute Gasteiger partial charge is 0.320 e. The molecule has 4 N–H and O–H groups in total. The lowest BCUT2D eigenvalue weighted by molar-refractivity contribution is -0.138. The molecule has 1 aromatic heterocycles. The highest BCUT2D eigenvalue weighted by Crippen LogP contribution is 2.24. The van der Waals surface area contributed by atoms with Crippen LogP contribution in [0, 0.1) is 6.92 Å². The average molecular weight is 244 g/mol. The van der Waals surface area contributed by atoms with Crippen LogP contribution in [0.15, 0.2) is 24.8 Å². The molecule has 0 spiro atoms. The number of carboxylic acids is 1. The van der Waals surface area contributed by atoms with E-state index in [0.717, 1.165) is 27.7 Å². The number of rotatable bonds is 4. The number of H-pyrrole nitrogens is 1. The van der Waals surface area contributed by atoms with Gasteiger partial charge in [-0.3, -0.25) is 4.79 Å². The average Bonchev–Trinajstić information content (AvgIpc) is 2.64. The van der Waals surface area contributed by atoms with Gasteiger partial charge in [0.2, 0.25) is 0 Å². The highest BCUT2D eigenvalue weighted by Gasteiger charge is 2.17. The molecule has 4 heteroatoms. The van der Waals surface area contributed by atoms with Gasteiger partial charge in [-0.05, 0) is 24.1 Å². The van der Waals surface area contributed by atoms with Gasteiger partial charge in [0.1, 0.15) is 6.04 Å². The highest BCUT2D eigenvalue weighted by atomic mass is 16.4. The van der Waals surface area contributed by atoms with Crippen molar-refractivity contribution in [3.8, 4) is 0 Å². The number of carboxylic acid groups (broad SMARTS) is 1. The molecule has 0 fully saturated rings. The van der Waals surface area contributed by atoms with E-state index in [0.29, 0.717) is 6.42 Å². The normalized spacial score (nSPS) is 12.6. The zero-order chi connectivity index (χ0) is 13.3. The van der Waals surface area contributed by atoms with E-state index >= 15 is 0 Å². The fourth-order valence-electron chi connectivity index (χ4n) is 2.11. The molecule has 0 radical (unpaired) electrons. The predicted octanol–water partition coefficient (Wildman–Crippen LogP) is 2.07. The first kappa shape index (κ1) is 12.4. The van der Waals surface area contributed by atoms with Crippen LogP contribution in [0.2, 0.25) is 0 Å². The summed E-state index contributed by atoms with van der Waals surface area (Å²) in [7, 11) is 0. The van der Waals surface area contributed by atoms with Gasteiger partial charge in [-0.25, -0.2) is 0 Å². The van der Waals surface area contributed by atoms with Gasteiger partial charge in [-0.15, -0.1) is 0 Å². The number of aliphatic carboxylic acids is 1. The largest absolute Gasteiger partial charge is 0.480 e. The number of carbonyl (C=O) groups is 1. The minimum Gasteiger partial charge on any atom is -0.480 e. The molecular formula is C14H16N2O2. The third kappa shape index (κ3) is 2.15. The quantitative estimate of drug-likeness (QED) is 0.770. The van der Waals surface area contributed by atoms with Crippen molar-refractivity contribution in [3.05, 3.63) is 41.6 Å². The molecule has 0 bridgehead atoms. The summed E-state index contributed by atoms with van der Waals surface area (Å²) >= 11 is 0. The maximum absolute atomic E-state index is 10.8. The van der Waals surface area contributed by atoms with Gasteiger partial charge in [0.15, 0.2) is 0 Å². The van der Waals surface area contributed by atoms with Crippen LogP contribution in [-0.4, -0.2) is 22.1 Å². The topological polar surface area (TPSA) is 79.1 Å². The molecule has 94 valence electrons. The summed E-state index contributed by atoms with van der Waals surface area (Å²) in [4.78, 5) is 14.1. The van der Waals surface area contributed by atoms with E-state index in [1.807, 2.05) is 25.1 Å². The highest BCUT2D eigenvalue weighted by molar-refractivity contribution is 5.87. The van der Waals surface area contributed by atoms with Crippen molar-refractivity contribution >= 4 is 22.9 Å². The van der Waals surface area contributed by atoms with Gasteiger partial charge >= 0.3 is 5.97 Å². The Morgan fingerprint density at radius 1 is 1.61 bits per heavy atom. The molecule has 4 nitrogen and oxygen atoms in total. The summed E-state index contributed by atoms with van der Waals surface area (Å²) in [5, 5.41) is 9.90. The van der Waals surface area contributed by atoms with Crippen molar-refractivity contribution in [2.45, 2.75) is 19.4 Å². The number of aryl methyl sites for hydroxylation is 1. The predicted molar refractivity (Wildman–Crippen MR) is 72.4 cm³/mol. The van der Waals surface area contributed by atoms with Crippen LogP contribution in [0.25, 0.3) is 17.0 Å². The third-order valence-electron chi connectivity index (χ3n) is 3.12. The van der Waals surface area contributed by atoms with E-state index in [1.165, 1.54) is 0 Å². The lowest BCUT2D eigenvalue weighted by Gasteiger charge is -2.06. The number of aromatic nitrogens is 1. The molecule has 1 unspecified atom stereocenters. The van der Waals surface area contributed by atoms with Gasteiger partial charge in [0, 0.05) is 23.0 Å². The fourth-order valence-corrected chi connectivity index (χ4v) is 2.11. The van der Waals surface area contributed by atoms with Crippen molar-refractivity contribution < 1.29 is 9.90 Å². The van der Waals surface area contributed by atoms with Gasteiger partial charge in [0.05, 0.1) is 0 Å². The maximum Gasteiger partial charge on any atom is 0.320 e. The van der Waals surface area contributed by atoms with E-state index in [4.69, 9.17) is 10.8 Å². The van der Waals surface area contributed by atoms with Crippen molar-refractivity contribution in [1.82, 2.24) is 4.98 Å². The van der Waals surface area contributed by atoms with Crippen molar-refractivity contribution in [1.29, 1.82) is 0 Å². The summed E-state index contributed by atoms with van der Waals surface area (Å²) in [6.07, 6.45) is 2.10. The molecule has 0 saturated heterocycles. The minimum atomic E-state index is -0.980. The fraction of sp³-hybridized carbons (Fsp3) is 0.214. The van der Waals surface area contributed by atoms with Gasteiger partial charge in [0.25, 0.3) is 0 Å². The first-order valence-corrected chi connectivity index (χ1v) is 5.75. The standard InChI is InChI=1S/C14H16N2O2/c1-3-9-4-5-10-11(7-12(15)14(17)18)8(2)16-13(10)6-9/h3-6,12,16H,1,7,15H2,2H3,(H,17,18). The van der Waals surface area contributed by atoms with Crippen LogP contribution in [-0.2, 0) is 11.2 Å². The lowest BCUT2D eigenvalue weighted by Crippen LogP contribution is -2.32. The van der Waals surface area contributed by atoms with E-state index in [-0.39, 0.29) is 0 Å². The maximum atomic E-state index is 10.8. The molecule has 0 amide bonds. The number of nitrogens with two attached hydrogens (primary N) is 1. The zero-order valence-electron chi connectivity index (χ0n) is 10.2. The molecule has 0 aliphatic carbocycles. The number of fused-ring (bicyclic) bond motifs is 1. The van der Waals surface area contributed by atoms with Crippen LogP contribution in [0.3, 0.4) is 0 Å². The Kier molecular flexibility index (Phi) is 3.21. The first-order chi connectivity index (χ1) is 8.52. The van der Waals surface area contributed by atoms with Gasteiger partial charge in [-0.2, -0.15) is 0 Å². The summed E-state index contributed by atoms with van der Waals surface area (Å²) in [6, 6.07) is 5.05. The van der Waals surface area contributed by atoms with Crippen molar-refractivity contribution in [3.63, 3.8) is 0 Å².